The molecule has 0 spiro atoms. The Morgan fingerprint density at radius 2 is 1.93 bits per heavy atom. The van der Waals surface area contributed by atoms with Crippen LogP contribution in [0.15, 0.2) is 27.1 Å². The predicted molar refractivity (Wildman–Crippen MR) is 68.7 cm³/mol. The SMILES string of the molecule is CNCCCCc1ccc(Br)c(Br)c1. The summed E-state index contributed by atoms with van der Waals surface area (Å²) in [5, 5.41) is 3.16. The molecule has 14 heavy (non-hydrogen) atoms. The molecule has 3 heteroatoms. The van der Waals surface area contributed by atoms with Gasteiger partial charge in [0, 0.05) is 8.95 Å². The molecule has 1 aromatic rings. The molecule has 0 aliphatic rings. The quantitative estimate of drug-likeness (QED) is 0.815. The Morgan fingerprint density at radius 1 is 1.14 bits per heavy atom. The van der Waals surface area contributed by atoms with Gasteiger partial charge in [-0.2, -0.15) is 0 Å². The lowest BCUT2D eigenvalue weighted by Crippen LogP contribution is -2.07. The number of hydrogen-bond donors (Lipinski definition) is 1. The van der Waals surface area contributed by atoms with Crippen LogP contribution in [0, 0.1) is 0 Å². The summed E-state index contributed by atoms with van der Waals surface area (Å²) in [6.45, 7) is 1.11. The van der Waals surface area contributed by atoms with E-state index in [4.69, 9.17) is 0 Å². The molecule has 0 atom stereocenters. The van der Waals surface area contributed by atoms with Crippen LogP contribution >= 0.6 is 31.9 Å². The zero-order chi connectivity index (χ0) is 10.4. The van der Waals surface area contributed by atoms with Crippen LogP contribution in [0.1, 0.15) is 18.4 Å². The van der Waals surface area contributed by atoms with Crippen LogP contribution in [0.4, 0.5) is 0 Å². The van der Waals surface area contributed by atoms with Crippen molar-refractivity contribution in [3.05, 3.63) is 32.7 Å². The second-order valence-corrected chi connectivity index (χ2v) is 5.02. The Morgan fingerprint density at radius 3 is 2.57 bits per heavy atom. The van der Waals surface area contributed by atoms with Gasteiger partial charge in [-0.3, -0.25) is 0 Å². The lowest BCUT2D eigenvalue weighted by Gasteiger charge is -2.03. The minimum Gasteiger partial charge on any atom is -0.320 e. The van der Waals surface area contributed by atoms with Crippen molar-refractivity contribution in [2.45, 2.75) is 19.3 Å². The number of rotatable bonds is 5. The van der Waals surface area contributed by atoms with Gasteiger partial charge in [-0.1, -0.05) is 6.07 Å². The van der Waals surface area contributed by atoms with Crippen LogP contribution in [-0.2, 0) is 6.42 Å². The van der Waals surface area contributed by atoms with Crippen LogP contribution in [0.25, 0.3) is 0 Å². The molecule has 0 saturated carbocycles. The fraction of sp³-hybridized carbons (Fsp3) is 0.455. The molecule has 0 heterocycles. The van der Waals surface area contributed by atoms with Crippen LogP contribution in [-0.4, -0.2) is 13.6 Å². The van der Waals surface area contributed by atoms with E-state index in [2.05, 4.69) is 55.4 Å². The highest BCUT2D eigenvalue weighted by Crippen LogP contribution is 2.24. The molecule has 0 amide bonds. The molecule has 0 aliphatic heterocycles. The van der Waals surface area contributed by atoms with E-state index in [0.717, 1.165) is 21.9 Å². The third-order valence-corrected chi connectivity index (χ3v) is 4.01. The summed E-state index contributed by atoms with van der Waals surface area (Å²) in [5.41, 5.74) is 1.40. The summed E-state index contributed by atoms with van der Waals surface area (Å²) in [4.78, 5) is 0. The average molecular weight is 321 g/mol. The molecule has 1 rings (SSSR count). The highest BCUT2D eigenvalue weighted by Gasteiger charge is 1.98. The summed E-state index contributed by atoms with van der Waals surface area (Å²) >= 11 is 6.97. The van der Waals surface area contributed by atoms with Gasteiger partial charge < -0.3 is 5.32 Å². The van der Waals surface area contributed by atoms with Crippen molar-refractivity contribution in [2.75, 3.05) is 13.6 Å². The summed E-state index contributed by atoms with van der Waals surface area (Å²) in [6, 6.07) is 6.45. The second-order valence-electron chi connectivity index (χ2n) is 3.31. The van der Waals surface area contributed by atoms with Crippen molar-refractivity contribution in [1.29, 1.82) is 0 Å². The molecule has 0 aromatic heterocycles. The fourth-order valence-corrected chi connectivity index (χ4v) is 2.00. The van der Waals surface area contributed by atoms with E-state index in [1.54, 1.807) is 0 Å². The first-order chi connectivity index (χ1) is 6.74. The molecule has 0 bridgehead atoms. The zero-order valence-electron chi connectivity index (χ0n) is 8.32. The van der Waals surface area contributed by atoms with Crippen molar-refractivity contribution in [3.8, 4) is 0 Å². The van der Waals surface area contributed by atoms with Gasteiger partial charge in [-0.25, -0.2) is 0 Å². The van der Waals surface area contributed by atoms with Gasteiger partial charge in [0.1, 0.15) is 0 Å². The summed E-state index contributed by atoms with van der Waals surface area (Å²) in [5.74, 6) is 0. The van der Waals surface area contributed by atoms with E-state index < -0.39 is 0 Å². The van der Waals surface area contributed by atoms with Gasteiger partial charge in [-0.05, 0) is 82.4 Å². The van der Waals surface area contributed by atoms with Crippen LogP contribution in [0.5, 0.6) is 0 Å². The summed E-state index contributed by atoms with van der Waals surface area (Å²) < 4.78 is 2.26. The average Bonchev–Trinajstić information content (AvgIpc) is 2.18. The van der Waals surface area contributed by atoms with E-state index in [0.29, 0.717) is 0 Å². The number of nitrogens with one attached hydrogen (secondary N) is 1. The van der Waals surface area contributed by atoms with Crippen LogP contribution < -0.4 is 5.32 Å². The normalized spacial score (nSPS) is 10.5. The molecule has 1 aromatic carbocycles. The van der Waals surface area contributed by atoms with E-state index in [-0.39, 0.29) is 0 Å². The van der Waals surface area contributed by atoms with Crippen LogP contribution in [0.2, 0.25) is 0 Å². The minimum absolute atomic E-state index is 1.11. The van der Waals surface area contributed by atoms with E-state index in [9.17, 15) is 0 Å². The number of benzene rings is 1. The van der Waals surface area contributed by atoms with Crippen LogP contribution in [0.3, 0.4) is 0 Å². The standard InChI is InChI=1S/C11H15Br2N/c1-14-7-3-2-4-9-5-6-10(12)11(13)8-9/h5-6,8,14H,2-4,7H2,1H3. The maximum absolute atomic E-state index is 3.51. The highest BCUT2D eigenvalue weighted by atomic mass is 79.9. The highest BCUT2D eigenvalue weighted by molar-refractivity contribution is 9.13. The van der Waals surface area contributed by atoms with Gasteiger partial charge in [0.15, 0.2) is 0 Å². The smallest absolute Gasteiger partial charge is 0.0320 e. The first-order valence-electron chi connectivity index (χ1n) is 4.82. The van der Waals surface area contributed by atoms with Gasteiger partial charge >= 0.3 is 0 Å². The van der Waals surface area contributed by atoms with Gasteiger partial charge in [-0.15, -0.1) is 0 Å². The van der Waals surface area contributed by atoms with Crippen molar-refractivity contribution in [3.63, 3.8) is 0 Å². The summed E-state index contributed by atoms with van der Waals surface area (Å²) in [6.07, 6.45) is 3.65. The molecule has 78 valence electrons. The summed E-state index contributed by atoms with van der Waals surface area (Å²) in [7, 11) is 2.00. The molecule has 0 saturated heterocycles. The Bertz CT molecular complexity index is 287. The molecule has 0 radical (unpaired) electrons. The topological polar surface area (TPSA) is 12.0 Å². The largest absolute Gasteiger partial charge is 0.320 e. The molecule has 0 fully saturated rings. The lowest BCUT2D eigenvalue weighted by molar-refractivity contribution is 0.677. The zero-order valence-corrected chi connectivity index (χ0v) is 11.5. The predicted octanol–water partition coefficient (Wildman–Crippen LogP) is 3.75. The number of unbranched alkanes of at least 4 members (excludes halogenated alkanes) is 1. The Hall–Kier alpha value is 0.140. The number of halogens is 2. The molecule has 0 aliphatic carbocycles. The monoisotopic (exact) mass is 319 g/mol. The van der Waals surface area contributed by atoms with Gasteiger partial charge in [0.05, 0.1) is 0 Å². The molecule has 1 nitrogen and oxygen atoms in total. The number of hydrogen-bond acceptors (Lipinski definition) is 1. The Labute approximate surface area is 103 Å². The molecule has 1 N–H and O–H groups in total. The van der Waals surface area contributed by atoms with Gasteiger partial charge in [0.2, 0.25) is 0 Å². The molecule has 0 unspecified atom stereocenters. The van der Waals surface area contributed by atoms with Gasteiger partial charge in [0.25, 0.3) is 0 Å². The second kappa shape index (κ2) is 6.59. The minimum atomic E-state index is 1.11. The van der Waals surface area contributed by atoms with Crippen molar-refractivity contribution in [2.24, 2.45) is 0 Å². The van der Waals surface area contributed by atoms with E-state index in [1.165, 1.54) is 18.4 Å². The van der Waals surface area contributed by atoms with E-state index in [1.807, 2.05) is 7.05 Å². The van der Waals surface area contributed by atoms with Crippen molar-refractivity contribution < 1.29 is 0 Å². The molecular formula is C11H15Br2N. The lowest BCUT2D eigenvalue weighted by atomic mass is 10.1. The fourth-order valence-electron chi connectivity index (χ4n) is 1.33. The third kappa shape index (κ3) is 4.11. The molecular weight excluding hydrogens is 306 g/mol. The Kier molecular flexibility index (Phi) is 5.75. The van der Waals surface area contributed by atoms with E-state index >= 15 is 0 Å². The first-order valence-corrected chi connectivity index (χ1v) is 6.41. The van der Waals surface area contributed by atoms with Crippen molar-refractivity contribution in [1.82, 2.24) is 5.32 Å². The first kappa shape index (κ1) is 12.2. The number of aryl methyl sites for hydroxylation is 1. The van der Waals surface area contributed by atoms with Crippen molar-refractivity contribution >= 4 is 31.9 Å². The third-order valence-electron chi connectivity index (χ3n) is 2.13. The Balaban J connectivity index is 2.39. The maximum Gasteiger partial charge on any atom is 0.0320 e. The maximum atomic E-state index is 3.51.